The maximum Gasteiger partial charge on any atom is 0.257 e. The van der Waals surface area contributed by atoms with Crippen LogP contribution in [0.4, 0.5) is 5.82 Å². The summed E-state index contributed by atoms with van der Waals surface area (Å²) in [4.78, 5) is 18.5. The van der Waals surface area contributed by atoms with Crippen molar-refractivity contribution >= 4 is 27.7 Å². The molecule has 0 aliphatic carbocycles. The Morgan fingerprint density at radius 3 is 2.84 bits per heavy atom. The van der Waals surface area contributed by atoms with Gasteiger partial charge in [-0.1, -0.05) is 0 Å². The molecule has 0 spiro atoms. The third-order valence-electron chi connectivity index (χ3n) is 2.66. The van der Waals surface area contributed by atoms with Crippen LogP contribution >= 0.6 is 15.9 Å². The maximum absolute atomic E-state index is 12.5. The number of hydrogen-bond donors (Lipinski definition) is 1. The predicted octanol–water partition coefficient (Wildman–Crippen LogP) is 2.38. The number of ether oxygens (including phenoxy) is 1. The van der Waals surface area contributed by atoms with E-state index in [2.05, 4.69) is 26.2 Å². The zero-order valence-corrected chi connectivity index (χ0v) is 13.2. The average Bonchev–Trinajstić information content (AvgIpc) is 2.41. The molecule has 19 heavy (non-hydrogen) atoms. The van der Waals surface area contributed by atoms with E-state index >= 15 is 0 Å². The molecule has 106 valence electrons. The van der Waals surface area contributed by atoms with Crippen molar-refractivity contribution in [3.63, 3.8) is 0 Å². The third kappa shape index (κ3) is 4.47. The Balaban J connectivity index is 2.98. The molecule has 5 nitrogen and oxygen atoms in total. The molecule has 1 aromatic heterocycles. The first kappa shape index (κ1) is 15.9. The number of rotatable bonds is 7. The Hall–Kier alpha value is -1.14. The Morgan fingerprint density at radius 2 is 2.26 bits per heavy atom. The largest absolute Gasteiger partial charge is 0.383 e. The number of carbonyl (C=O) groups excluding carboxylic acids is 1. The molecule has 1 amide bonds. The summed E-state index contributed by atoms with van der Waals surface area (Å²) >= 11 is 3.35. The number of carbonyl (C=O) groups is 1. The maximum atomic E-state index is 12.5. The molecule has 6 heteroatoms. The molecule has 1 rings (SSSR count). The van der Waals surface area contributed by atoms with Gasteiger partial charge < -0.3 is 15.0 Å². The molecule has 0 aliphatic rings. The zero-order valence-electron chi connectivity index (χ0n) is 11.6. The molecule has 0 atom stereocenters. The molecule has 1 heterocycles. The number of nitrogens with one attached hydrogen (secondary N) is 1. The van der Waals surface area contributed by atoms with E-state index in [1.807, 2.05) is 13.8 Å². The first-order chi connectivity index (χ1) is 9.13. The van der Waals surface area contributed by atoms with Gasteiger partial charge in [-0.15, -0.1) is 0 Å². The van der Waals surface area contributed by atoms with Gasteiger partial charge in [-0.3, -0.25) is 4.79 Å². The SMILES string of the molecule is CCNc1ncc(Br)cc1C(=O)N(CC)CCOC. The average molecular weight is 330 g/mol. The number of likely N-dealkylation sites (N-methyl/N-ethyl adjacent to an activating group) is 1. The van der Waals surface area contributed by atoms with Crippen LogP contribution in [0.5, 0.6) is 0 Å². The predicted molar refractivity (Wildman–Crippen MR) is 79.6 cm³/mol. The van der Waals surface area contributed by atoms with Crippen molar-refractivity contribution in [2.75, 3.05) is 38.7 Å². The summed E-state index contributed by atoms with van der Waals surface area (Å²) in [6, 6.07) is 1.79. The normalized spacial score (nSPS) is 10.3. The minimum atomic E-state index is -0.0377. The molecule has 0 unspecified atom stereocenters. The number of aromatic nitrogens is 1. The quantitative estimate of drug-likeness (QED) is 0.834. The lowest BCUT2D eigenvalue weighted by Gasteiger charge is -2.21. The molecular formula is C13H20BrN3O2. The van der Waals surface area contributed by atoms with Crippen LogP contribution in [0.25, 0.3) is 0 Å². The lowest BCUT2D eigenvalue weighted by Crippen LogP contribution is -2.34. The molecule has 0 aliphatic heterocycles. The van der Waals surface area contributed by atoms with E-state index in [9.17, 15) is 4.79 Å². The number of nitrogens with zero attached hydrogens (tertiary/aromatic N) is 2. The van der Waals surface area contributed by atoms with Crippen LogP contribution in [-0.4, -0.2) is 49.1 Å². The Bertz CT molecular complexity index is 426. The topological polar surface area (TPSA) is 54.5 Å². The fourth-order valence-electron chi connectivity index (χ4n) is 1.69. The van der Waals surface area contributed by atoms with Gasteiger partial charge in [0.15, 0.2) is 0 Å². The van der Waals surface area contributed by atoms with Crippen LogP contribution in [0, 0.1) is 0 Å². The second kappa shape index (κ2) is 8.12. The molecule has 0 fully saturated rings. The van der Waals surface area contributed by atoms with Crippen LogP contribution < -0.4 is 5.32 Å². The summed E-state index contributed by atoms with van der Waals surface area (Å²) in [6.45, 7) is 6.38. The Labute approximate surface area is 122 Å². The van der Waals surface area contributed by atoms with Gasteiger partial charge in [0.1, 0.15) is 5.82 Å². The molecule has 0 saturated heterocycles. The molecule has 0 saturated carbocycles. The lowest BCUT2D eigenvalue weighted by atomic mass is 10.2. The second-order valence-corrected chi connectivity index (χ2v) is 4.87. The van der Waals surface area contributed by atoms with Gasteiger partial charge in [0, 0.05) is 37.4 Å². The van der Waals surface area contributed by atoms with E-state index in [1.165, 1.54) is 0 Å². The Kier molecular flexibility index (Phi) is 6.80. The van der Waals surface area contributed by atoms with E-state index in [-0.39, 0.29) is 5.91 Å². The summed E-state index contributed by atoms with van der Waals surface area (Å²) in [7, 11) is 1.63. The number of amides is 1. The van der Waals surface area contributed by atoms with E-state index in [0.717, 1.165) is 11.0 Å². The molecule has 0 bridgehead atoms. The van der Waals surface area contributed by atoms with Gasteiger partial charge in [0.05, 0.1) is 12.2 Å². The first-order valence-electron chi connectivity index (χ1n) is 6.31. The van der Waals surface area contributed by atoms with Crippen molar-refractivity contribution in [2.24, 2.45) is 0 Å². The summed E-state index contributed by atoms with van der Waals surface area (Å²) in [5, 5.41) is 3.11. The summed E-state index contributed by atoms with van der Waals surface area (Å²) in [5.74, 6) is 0.580. The van der Waals surface area contributed by atoms with E-state index in [1.54, 1.807) is 24.3 Å². The van der Waals surface area contributed by atoms with E-state index < -0.39 is 0 Å². The Morgan fingerprint density at radius 1 is 1.53 bits per heavy atom. The summed E-state index contributed by atoms with van der Waals surface area (Å²) in [5.41, 5.74) is 0.578. The van der Waals surface area contributed by atoms with Crippen molar-refractivity contribution < 1.29 is 9.53 Å². The fraction of sp³-hybridized carbons (Fsp3) is 0.538. The number of methoxy groups -OCH3 is 1. The minimum Gasteiger partial charge on any atom is -0.383 e. The summed E-state index contributed by atoms with van der Waals surface area (Å²) < 4.78 is 5.82. The molecule has 0 aromatic carbocycles. The number of hydrogen-bond acceptors (Lipinski definition) is 4. The van der Waals surface area contributed by atoms with Gasteiger partial charge in [0.25, 0.3) is 5.91 Å². The van der Waals surface area contributed by atoms with Crippen LogP contribution in [0.1, 0.15) is 24.2 Å². The molecule has 0 radical (unpaired) electrons. The van der Waals surface area contributed by atoms with E-state index in [0.29, 0.717) is 31.1 Å². The number of halogens is 1. The zero-order chi connectivity index (χ0) is 14.3. The lowest BCUT2D eigenvalue weighted by molar-refractivity contribution is 0.0707. The number of pyridine rings is 1. The molecule has 1 N–H and O–H groups in total. The van der Waals surface area contributed by atoms with Crippen molar-refractivity contribution in [1.29, 1.82) is 0 Å². The van der Waals surface area contributed by atoms with Crippen molar-refractivity contribution in [3.8, 4) is 0 Å². The highest BCUT2D eigenvalue weighted by Gasteiger charge is 2.18. The highest BCUT2D eigenvalue weighted by molar-refractivity contribution is 9.10. The third-order valence-corrected chi connectivity index (χ3v) is 3.10. The standard InChI is InChI=1S/C13H20BrN3O2/c1-4-15-12-11(8-10(14)9-16-12)13(18)17(5-2)6-7-19-3/h8-9H,4-7H2,1-3H3,(H,15,16). The van der Waals surface area contributed by atoms with Crippen LogP contribution in [-0.2, 0) is 4.74 Å². The van der Waals surface area contributed by atoms with Crippen LogP contribution in [0.2, 0.25) is 0 Å². The monoisotopic (exact) mass is 329 g/mol. The highest BCUT2D eigenvalue weighted by Crippen LogP contribution is 2.19. The second-order valence-electron chi connectivity index (χ2n) is 3.96. The van der Waals surface area contributed by atoms with Gasteiger partial charge in [-0.25, -0.2) is 4.98 Å². The highest BCUT2D eigenvalue weighted by atomic mass is 79.9. The van der Waals surface area contributed by atoms with E-state index in [4.69, 9.17) is 4.74 Å². The fourth-order valence-corrected chi connectivity index (χ4v) is 2.02. The van der Waals surface area contributed by atoms with Crippen LogP contribution in [0.15, 0.2) is 16.7 Å². The van der Waals surface area contributed by atoms with Gasteiger partial charge in [-0.2, -0.15) is 0 Å². The molecular weight excluding hydrogens is 310 g/mol. The number of anilines is 1. The van der Waals surface area contributed by atoms with Crippen molar-refractivity contribution in [3.05, 3.63) is 22.3 Å². The van der Waals surface area contributed by atoms with Crippen molar-refractivity contribution in [2.45, 2.75) is 13.8 Å². The van der Waals surface area contributed by atoms with Crippen molar-refractivity contribution in [1.82, 2.24) is 9.88 Å². The molecule has 1 aromatic rings. The van der Waals surface area contributed by atoms with Gasteiger partial charge in [-0.05, 0) is 35.8 Å². The van der Waals surface area contributed by atoms with Crippen LogP contribution in [0.3, 0.4) is 0 Å². The van der Waals surface area contributed by atoms with Gasteiger partial charge >= 0.3 is 0 Å². The van der Waals surface area contributed by atoms with Gasteiger partial charge in [0.2, 0.25) is 0 Å². The smallest absolute Gasteiger partial charge is 0.257 e. The first-order valence-corrected chi connectivity index (χ1v) is 7.10. The minimum absolute atomic E-state index is 0.0377. The summed E-state index contributed by atoms with van der Waals surface area (Å²) in [6.07, 6.45) is 1.68.